The van der Waals surface area contributed by atoms with Crippen LogP contribution in [0.5, 0.6) is 0 Å². The van der Waals surface area contributed by atoms with E-state index in [1.165, 1.54) is 4.68 Å². The molecule has 0 saturated carbocycles. The molecule has 0 bridgehead atoms. The van der Waals surface area contributed by atoms with Gasteiger partial charge in [-0.2, -0.15) is 10.1 Å². The fourth-order valence-electron chi connectivity index (χ4n) is 2.40. The number of benzene rings is 1. The summed E-state index contributed by atoms with van der Waals surface area (Å²) in [6, 6.07) is 9.64. The van der Waals surface area contributed by atoms with Crippen LogP contribution in [0.2, 0.25) is 0 Å². The topological polar surface area (TPSA) is 83.0 Å². The molecule has 3 rings (SSSR count). The van der Waals surface area contributed by atoms with E-state index in [-0.39, 0.29) is 12.5 Å². The van der Waals surface area contributed by atoms with Gasteiger partial charge in [0, 0.05) is 5.56 Å². The van der Waals surface area contributed by atoms with Crippen LogP contribution in [-0.4, -0.2) is 32.5 Å². The molecule has 1 aromatic carbocycles. The van der Waals surface area contributed by atoms with Crippen LogP contribution in [0.1, 0.15) is 18.2 Å². The van der Waals surface area contributed by atoms with Gasteiger partial charge in [-0.15, -0.1) is 0 Å². The van der Waals surface area contributed by atoms with Crippen LogP contribution in [0, 0.1) is 13.8 Å². The van der Waals surface area contributed by atoms with Crippen LogP contribution in [0.15, 0.2) is 34.9 Å². The van der Waals surface area contributed by atoms with E-state index in [2.05, 4.69) is 15.2 Å². The maximum atomic E-state index is 11.7. The van der Waals surface area contributed by atoms with Crippen molar-refractivity contribution in [1.29, 1.82) is 0 Å². The Morgan fingerprint density at radius 1 is 1.29 bits per heavy atom. The first-order valence-corrected chi connectivity index (χ1v) is 7.68. The van der Waals surface area contributed by atoms with Crippen molar-refractivity contribution < 1.29 is 14.1 Å². The van der Waals surface area contributed by atoms with E-state index in [1.54, 1.807) is 13.0 Å². The first-order valence-electron chi connectivity index (χ1n) is 7.68. The highest BCUT2D eigenvalue weighted by atomic mass is 16.5. The highest BCUT2D eigenvalue weighted by Gasteiger charge is 2.18. The van der Waals surface area contributed by atoms with Crippen molar-refractivity contribution in [2.24, 2.45) is 0 Å². The van der Waals surface area contributed by atoms with Crippen molar-refractivity contribution in [3.8, 4) is 23.0 Å². The highest BCUT2D eigenvalue weighted by Crippen LogP contribution is 2.23. The van der Waals surface area contributed by atoms with E-state index < -0.39 is 0 Å². The number of hydrogen-bond donors (Lipinski definition) is 0. The van der Waals surface area contributed by atoms with Crippen molar-refractivity contribution in [2.45, 2.75) is 27.3 Å². The molecule has 2 heterocycles. The second-order valence-corrected chi connectivity index (χ2v) is 5.43. The smallest absolute Gasteiger partial charge is 0.327 e. The predicted octanol–water partition coefficient (Wildman–Crippen LogP) is 2.78. The lowest BCUT2D eigenvalue weighted by Gasteiger charge is -2.04. The Balaban J connectivity index is 1.91. The monoisotopic (exact) mass is 326 g/mol. The van der Waals surface area contributed by atoms with Crippen LogP contribution in [0.3, 0.4) is 0 Å². The maximum Gasteiger partial charge on any atom is 0.327 e. The molecule has 3 aromatic rings. The number of aryl methyl sites for hydroxylation is 2. The quantitative estimate of drug-likeness (QED) is 0.670. The normalized spacial score (nSPS) is 10.8. The third kappa shape index (κ3) is 3.34. The Morgan fingerprint density at radius 3 is 2.88 bits per heavy atom. The van der Waals surface area contributed by atoms with Crippen molar-refractivity contribution in [3.63, 3.8) is 0 Å². The van der Waals surface area contributed by atoms with Gasteiger partial charge in [0.1, 0.15) is 12.2 Å². The molecule has 0 amide bonds. The zero-order valence-electron chi connectivity index (χ0n) is 13.8. The standard InChI is InChI=1S/C17H18N4O3/c1-4-23-15(22)10-21-14(9-12(3)19-21)17-18-16(20-24-17)13-7-5-6-11(2)8-13/h5-9H,4,10H2,1-3H3. The third-order valence-electron chi connectivity index (χ3n) is 3.41. The first-order chi connectivity index (χ1) is 11.6. The Bertz CT molecular complexity index is 866. The summed E-state index contributed by atoms with van der Waals surface area (Å²) in [6.45, 7) is 5.93. The van der Waals surface area contributed by atoms with Gasteiger partial charge in [0.15, 0.2) is 0 Å². The molecule has 7 nitrogen and oxygen atoms in total. The minimum Gasteiger partial charge on any atom is -0.465 e. The number of esters is 1. The van der Waals surface area contributed by atoms with Crippen molar-refractivity contribution in [2.75, 3.05) is 6.61 Å². The molecule has 0 fully saturated rings. The summed E-state index contributed by atoms with van der Waals surface area (Å²) in [4.78, 5) is 16.1. The Kier molecular flexibility index (Phi) is 4.41. The van der Waals surface area contributed by atoms with E-state index >= 15 is 0 Å². The lowest BCUT2D eigenvalue weighted by molar-refractivity contribution is -0.144. The summed E-state index contributed by atoms with van der Waals surface area (Å²) in [6.07, 6.45) is 0. The summed E-state index contributed by atoms with van der Waals surface area (Å²) < 4.78 is 11.8. The van der Waals surface area contributed by atoms with Crippen molar-refractivity contribution >= 4 is 5.97 Å². The van der Waals surface area contributed by atoms with Crippen molar-refractivity contribution in [1.82, 2.24) is 19.9 Å². The van der Waals surface area contributed by atoms with Gasteiger partial charge in [-0.25, -0.2) is 4.68 Å². The Morgan fingerprint density at radius 2 is 2.12 bits per heavy atom. The molecule has 124 valence electrons. The molecule has 7 heteroatoms. The summed E-state index contributed by atoms with van der Waals surface area (Å²) in [7, 11) is 0. The fraction of sp³-hybridized carbons (Fsp3) is 0.294. The first kappa shape index (κ1) is 15.9. The molecular weight excluding hydrogens is 308 g/mol. The second-order valence-electron chi connectivity index (χ2n) is 5.43. The van der Waals surface area contributed by atoms with Gasteiger partial charge in [-0.05, 0) is 32.9 Å². The minimum absolute atomic E-state index is 0.000822. The molecule has 0 aliphatic rings. The number of carbonyl (C=O) groups is 1. The molecule has 0 aliphatic carbocycles. The molecule has 0 radical (unpaired) electrons. The average Bonchev–Trinajstić information content (AvgIpc) is 3.14. The number of nitrogens with zero attached hydrogens (tertiary/aromatic N) is 4. The van der Waals surface area contributed by atoms with E-state index in [4.69, 9.17) is 9.26 Å². The van der Waals surface area contributed by atoms with Gasteiger partial charge in [-0.1, -0.05) is 28.9 Å². The summed E-state index contributed by atoms with van der Waals surface area (Å²) in [5, 5.41) is 8.32. The van der Waals surface area contributed by atoms with Crippen molar-refractivity contribution in [3.05, 3.63) is 41.6 Å². The van der Waals surface area contributed by atoms with Crippen LogP contribution < -0.4 is 0 Å². The Labute approximate surface area is 139 Å². The maximum absolute atomic E-state index is 11.7. The summed E-state index contributed by atoms with van der Waals surface area (Å²) >= 11 is 0. The molecule has 0 atom stereocenters. The second kappa shape index (κ2) is 6.66. The summed E-state index contributed by atoms with van der Waals surface area (Å²) in [5.41, 5.74) is 3.33. The predicted molar refractivity (Wildman–Crippen MR) is 87.1 cm³/mol. The molecule has 0 saturated heterocycles. The number of aromatic nitrogens is 4. The zero-order valence-corrected chi connectivity index (χ0v) is 13.8. The largest absolute Gasteiger partial charge is 0.465 e. The van der Waals surface area contributed by atoms with Crippen LogP contribution in [-0.2, 0) is 16.1 Å². The number of rotatable bonds is 5. The Hall–Kier alpha value is -2.96. The zero-order chi connectivity index (χ0) is 17.1. The molecule has 0 unspecified atom stereocenters. The van der Waals surface area contributed by atoms with Gasteiger partial charge >= 0.3 is 5.97 Å². The molecule has 0 spiro atoms. The van der Waals surface area contributed by atoms with Crippen LogP contribution >= 0.6 is 0 Å². The van der Waals surface area contributed by atoms with Crippen LogP contribution in [0.4, 0.5) is 0 Å². The van der Waals surface area contributed by atoms with Gasteiger partial charge in [-0.3, -0.25) is 4.79 Å². The van der Waals surface area contributed by atoms with E-state index in [0.717, 1.165) is 16.8 Å². The van der Waals surface area contributed by atoms with E-state index in [1.807, 2.05) is 38.1 Å². The molecule has 2 aromatic heterocycles. The lowest BCUT2D eigenvalue weighted by Crippen LogP contribution is -2.15. The number of ether oxygens (including phenoxy) is 1. The van der Waals surface area contributed by atoms with E-state index in [0.29, 0.717) is 24.0 Å². The number of hydrogen-bond acceptors (Lipinski definition) is 6. The van der Waals surface area contributed by atoms with E-state index in [9.17, 15) is 4.79 Å². The fourth-order valence-corrected chi connectivity index (χ4v) is 2.40. The van der Waals surface area contributed by atoms with Gasteiger partial charge in [0.05, 0.1) is 12.3 Å². The number of carbonyl (C=O) groups excluding carboxylic acids is 1. The SMILES string of the molecule is CCOC(=O)Cn1nc(C)cc1-c1nc(-c2cccc(C)c2)no1. The molecule has 0 N–H and O–H groups in total. The third-order valence-corrected chi connectivity index (χ3v) is 3.41. The average molecular weight is 326 g/mol. The molecular formula is C17H18N4O3. The highest BCUT2D eigenvalue weighted by molar-refractivity contribution is 5.70. The van der Waals surface area contributed by atoms with Gasteiger partial charge in [0.25, 0.3) is 5.89 Å². The van der Waals surface area contributed by atoms with Gasteiger partial charge < -0.3 is 9.26 Å². The summed E-state index contributed by atoms with van der Waals surface area (Å²) in [5.74, 6) is 0.451. The molecule has 24 heavy (non-hydrogen) atoms. The lowest BCUT2D eigenvalue weighted by atomic mass is 10.1. The minimum atomic E-state index is -0.361. The van der Waals surface area contributed by atoms with Gasteiger partial charge in [0.2, 0.25) is 5.82 Å². The molecule has 0 aliphatic heterocycles. The van der Waals surface area contributed by atoms with Crippen LogP contribution in [0.25, 0.3) is 23.0 Å².